The summed E-state index contributed by atoms with van der Waals surface area (Å²) in [6, 6.07) is 0. The number of likely N-dealkylation sites (N-methyl/N-ethyl adjacent to an activating group) is 1. The van der Waals surface area contributed by atoms with Crippen molar-refractivity contribution in [3.8, 4) is 0 Å². The van der Waals surface area contributed by atoms with Crippen LogP contribution in [0.4, 0.5) is 0 Å². The summed E-state index contributed by atoms with van der Waals surface area (Å²) in [6.07, 6.45) is 1.82. The fraction of sp³-hybridized carbons (Fsp3) is 0.714. The summed E-state index contributed by atoms with van der Waals surface area (Å²) in [6.45, 7) is 5.30. The second-order valence-electron chi connectivity index (χ2n) is 6.29. The van der Waals surface area contributed by atoms with Gasteiger partial charge >= 0.3 is 0 Å². The van der Waals surface area contributed by atoms with Crippen molar-refractivity contribution in [3.63, 3.8) is 0 Å². The Hall–Kier alpha value is -0.980. The third-order valence-corrected chi connectivity index (χ3v) is 4.83. The molecule has 2 N–H and O–H groups in total. The van der Waals surface area contributed by atoms with Crippen LogP contribution in [-0.2, 0) is 16.9 Å². The van der Waals surface area contributed by atoms with Crippen molar-refractivity contribution in [1.82, 2.24) is 9.88 Å². The van der Waals surface area contributed by atoms with Crippen molar-refractivity contribution in [2.24, 2.45) is 5.92 Å². The highest BCUT2D eigenvalue weighted by atomic mass is 32.1. The lowest BCUT2D eigenvalue weighted by molar-refractivity contribution is -0.150. The molecule has 1 atom stereocenters. The number of hydrogen-bond acceptors (Lipinski definition) is 5. The van der Waals surface area contributed by atoms with Crippen LogP contribution >= 0.6 is 11.3 Å². The first-order valence-electron chi connectivity index (χ1n) is 6.77. The average molecular weight is 298 g/mol. The van der Waals surface area contributed by atoms with Crippen LogP contribution in [-0.4, -0.2) is 38.7 Å². The number of carbonyl (C=O) groups excluding carboxylic acids is 1. The van der Waals surface area contributed by atoms with Gasteiger partial charge in [-0.1, -0.05) is 0 Å². The largest absolute Gasteiger partial charge is 0.383 e. The van der Waals surface area contributed by atoms with E-state index in [-0.39, 0.29) is 11.8 Å². The third-order valence-electron chi connectivity index (χ3n) is 3.63. The van der Waals surface area contributed by atoms with Gasteiger partial charge in [0, 0.05) is 12.4 Å². The molecule has 0 aromatic carbocycles. The zero-order chi connectivity index (χ0) is 15.1. The molecule has 2 rings (SSSR count). The highest BCUT2D eigenvalue weighted by Gasteiger charge is 2.46. The number of nitrogens with zero attached hydrogens (tertiary/aromatic N) is 2. The molecule has 5 nitrogen and oxygen atoms in total. The Bertz CT molecular complexity index is 501. The molecule has 0 bridgehead atoms. The van der Waals surface area contributed by atoms with Gasteiger partial charge in [-0.15, -0.1) is 11.3 Å². The maximum Gasteiger partial charge on any atom is 0.254 e. The summed E-state index contributed by atoms with van der Waals surface area (Å²) in [7, 11) is 1.67. The molecule has 0 spiro atoms. The predicted molar refractivity (Wildman–Crippen MR) is 77.2 cm³/mol. The Morgan fingerprint density at radius 3 is 2.50 bits per heavy atom. The summed E-state index contributed by atoms with van der Waals surface area (Å²) in [5, 5.41) is 22.6. The minimum Gasteiger partial charge on any atom is -0.383 e. The molecular formula is C14H22N2O3S. The van der Waals surface area contributed by atoms with E-state index in [0.717, 1.165) is 18.5 Å². The Kier molecular flexibility index (Phi) is 3.92. The molecule has 1 heterocycles. The molecule has 20 heavy (non-hydrogen) atoms. The van der Waals surface area contributed by atoms with Crippen molar-refractivity contribution in [1.29, 1.82) is 0 Å². The van der Waals surface area contributed by atoms with E-state index in [1.54, 1.807) is 27.8 Å². The van der Waals surface area contributed by atoms with E-state index in [1.807, 2.05) is 5.38 Å². The molecule has 1 amide bonds. The number of hydrogen-bond donors (Lipinski definition) is 2. The van der Waals surface area contributed by atoms with Crippen molar-refractivity contribution in [2.75, 3.05) is 7.05 Å². The van der Waals surface area contributed by atoms with Crippen molar-refractivity contribution >= 4 is 17.2 Å². The molecule has 1 aliphatic carbocycles. The molecule has 0 saturated heterocycles. The summed E-state index contributed by atoms with van der Waals surface area (Å²) < 4.78 is 0. The van der Waals surface area contributed by atoms with Gasteiger partial charge < -0.3 is 15.1 Å². The first kappa shape index (κ1) is 15.4. The van der Waals surface area contributed by atoms with Crippen LogP contribution in [0, 0.1) is 5.92 Å². The van der Waals surface area contributed by atoms with Gasteiger partial charge in [-0.25, -0.2) is 4.98 Å². The smallest absolute Gasteiger partial charge is 0.254 e. The first-order valence-corrected chi connectivity index (χ1v) is 7.65. The first-order chi connectivity index (χ1) is 9.12. The molecule has 0 radical (unpaired) electrons. The number of aromatic nitrogens is 1. The number of amides is 1. The molecule has 1 aromatic rings. The van der Waals surface area contributed by atoms with E-state index >= 15 is 0 Å². The molecule has 1 fully saturated rings. The van der Waals surface area contributed by atoms with Crippen LogP contribution < -0.4 is 0 Å². The molecule has 1 aliphatic rings. The van der Waals surface area contributed by atoms with Gasteiger partial charge in [-0.2, -0.15) is 0 Å². The molecule has 0 aliphatic heterocycles. The summed E-state index contributed by atoms with van der Waals surface area (Å²) in [5.74, 6) is -0.183. The topological polar surface area (TPSA) is 73.7 Å². The van der Waals surface area contributed by atoms with Crippen molar-refractivity contribution in [2.45, 2.75) is 51.4 Å². The Morgan fingerprint density at radius 1 is 1.45 bits per heavy atom. The standard InChI is InChI=1S/C14H22N2O3S/c1-13(2,18)11-15-10(8-20-11)7-16(4)12(17)14(3,19)9-5-6-9/h8-9,18-19H,5-7H2,1-4H3. The van der Waals surface area contributed by atoms with Crippen molar-refractivity contribution < 1.29 is 15.0 Å². The van der Waals surface area contributed by atoms with Crippen LogP contribution in [0.1, 0.15) is 44.3 Å². The van der Waals surface area contributed by atoms with E-state index in [9.17, 15) is 15.0 Å². The number of rotatable bonds is 5. The van der Waals surface area contributed by atoms with Crippen LogP contribution in [0.5, 0.6) is 0 Å². The third kappa shape index (κ3) is 3.19. The molecule has 1 unspecified atom stereocenters. The minimum atomic E-state index is -1.27. The lowest BCUT2D eigenvalue weighted by atomic mass is 9.99. The number of carbonyl (C=O) groups is 1. The van der Waals surface area contributed by atoms with Crippen LogP contribution in [0.25, 0.3) is 0 Å². The van der Waals surface area contributed by atoms with Gasteiger partial charge in [-0.05, 0) is 39.5 Å². The molecular weight excluding hydrogens is 276 g/mol. The van der Waals surface area contributed by atoms with Gasteiger partial charge in [0.05, 0.1) is 12.2 Å². The summed E-state index contributed by atoms with van der Waals surface area (Å²) >= 11 is 1.37. The number of aliphatic hydroxyl groups is 2. The average Bonchev–Trinajstić information content (AvgIpc) is 3.08. The van der Waals surface area contributed by atoms with Crippen molar-refractivity contribution in [3.05, 3.63) is 16.1 Å². The fourth-order valence-electron chi connectivity index (χ4n) is 2.18. The predicted octanol–water partition coefficient (Wildman–Crippen LogP) is 1.49. The molecule has 1 saturated carbocycles. The quantitative estimate of drug-likeness (QED) is 0.864. The van der Waals surface area contributed by atoms with Gasteiger partial charge in [0.2, 0.25) is 0 Å². The Morgan fingerprint density at radius 2 is 2.05 bits per heavy atom. The molecule has 1 aromatic heterocycles. The van der Waals surface area contributed by atoms with E-state index in [0.29, 0.717) is 11.6 Å². The number of thiazole rings is 1. The monoisotopic (exact) mass is 298 g/mol. The van der Waals surface area contributed by atoms with E-state index in [1.165, 1.54) is 16.2 Å². The maximum atomic E-state index is 12.3. The fourth-order valence-corrected chi connectivity index (χ4v) is 3.02. The highest BCUT2D eigenvalue weighted by molar-refractivity contribution is 7.09. The zero-order valence-corrected chi connectivity index (χ0v) is 13.2. The summed E-state index contributed by atoms with van der Waals surface area (Å²) in [5.41, 5.74) is -1.51. The minimum absolute atomic E-state index is 0.0832. The Labute approximate surface area is 123 Å². The molecule has 6 heteroatoms. The van der Waals surface area contributed by atoms with E-state index in [4.69, 9.17) is 0 Å². The second-order valence-corrected chi connectivity index (χ2v) is 7.14. The Balaban J connectivity index is 2.02. The highest BCUT2D eigenvalue weighted by Crippen LogP contribution is 2.40. The lowest BCUT2D eigenvalue weighted by Gasteiger charge is -2.27. The van der Waals surface area contributed by atoms with Crippen LogP contribution in [0.3, 0.4) is 0 Å². The molecule has 112 valence electrons. The maximum absolute atomic E-state index is 12.3. The van der Waals surface area contributed by atoms with Crippen LogP contribution in [0.2, 0.25) is 0 Å². The van der Waals surface area contributed by atoms with Gasteiger partial charge in [0.1, 0.15) is 16.2 Å². The zero-order valence-electron chi connectivity index (χ0n) is 12.4. The van der Waals surface area contributed by atoms with Gasteiger partial charge in [0.15, 0.2) is 0 Å². The van der Waals surface area contributed by atoms with Gasteiger partial charge in [0.25, 0.3) is 5.91 Å². The van der Waals surface area contributed by atoms with Gasteiger partial charge in [-0.3, -0.25) is 4.79 Å². The SMILES string of the molecule is CN(Cc1csc(C(C)(C)O)n1)C(=O)C(C)(O)C1CC1. The van der Waals surface area contributed by atoms with E-state index < -0.39 is 11.2 Å². The van der Waals surface area contributed by atoms with Crippen LogP contribution in [0.15, 0.2) is 5.38 Å². The van der Waals surface area contributed by atoms with E-state index in [2.05, 4.69) is 4.98 Å². The lowest BCUT2D eigenvalue weighted by Crippen LogP contribution is -2.46. The second kappa shape index (κ2) is 5.09. The summed E-state index contributed by atoms with van der Waals surface area (Å²) in [4.78, 5) is 18.1. The normalized spacial score (nSPS) is 18.7.